The quantitative estimate of drug-likeness (QED) is 0.564. The average molecular weight is 128 g/mol. The highest BCUT2D eigenvalue weighted by atomic mass is 19.4. The van der Waals surface area contributed by atoms with Crippen molar-refractivity contribution >= 4 is 0 Å². The molecule has 0 bridgehead atoms. The molecule has 0 aromatic carbocycles. The monoisotopic (exact) mass is 128 g/mol. The van der Waals surface area contributed by atoms with E-state index in [1.807, 2.05) is 0 Å². The zero-order valence-electron chi connectivity index (χ0n) is 4.37. The van der Waals surface area contributed by atoms with Gasteiger partial charge >= 0.3 is 6.18 Å². The first-order valence-corrected chi connectivity index (χ1v) is 2.16. The van der Waals surface area contributed by atoms with Gasteiger partial charge in [0.25, 0.3) is 0 Å². The van der Waals surface area contributed by atoms with E-state index in [-0.39, 0.29) is 0 Å². The summed E-state index contributed by atoms with van der Waals surface area (Å²) in [6.07, 6.45) is -6.63. The number of alkyl halides is 3. The van der Waals surface area contributed by atoms with E-state index in [1.165, 1.54) is 0 Å². The van der Waals surface area contributed by atoms with Gasteiger partial charge in [0.1, 0.15) is 0 Å². The van der Waals surface area contributed by atoms with E-state index < -0.39 is 18.7 Å². The molecule has 1 atom stereocenters. The molecule has 0 unspecified atom stereocenters. The van der Waals surface area contributed by atoms with Gasteiger partial charge in [0, 0.05) is 0 Å². The SMILES string of the molecule is C[C@H](O)CC(F)(F)F. The second-order valence-electron chi connectivity index (χ2n) is 1.67. The Kier molecular flexibility index (Phi) is 2.27. The van der Waals surface area contributed by atoms with Gasteiger partial charge in [-0.3, -0.25) is 0 Å². The molecule has 0 aliphatic carbocycles. The summed E-state index contributed by atoms with van der Waals surface area (Å²) in [7, 11) is 0. The Bertz CT molecular complexity index is 66.2. The van der Waals surface area contributed by atoms with Crippen LogP contribution in [0.2, 0.25) is 0 Å². The summed E-state index contributed by atoms with van der Waals surface area (Å²) in [5.41, 5.74) is 0. The second-order valence-corrected chi connectivity index (χ2v) is 1.67. The lowest BCUT2D eigenvalue weighted by Crippen LogP contribution is -2.15. The summed E-state index contributed by atoms with van der Waals surface area (Å²) in [5.74, 6) is 0. The van der Waals surface area contributed by atoms with Gasteiger partial charge in [-0.1, -0.05) is 0 Å². The second kappa shape index (κ2) is 2.35. The van der Waals surface area contributed by atoms with E-state index in [9.17, 15) is 13.2 Å². The molecule has 1 nitrogen and oxygen atoms in total. The Morgan fingerprint density at radius 2 is 1.88 bits per heavy atom. The van der Waals surface area contributed by atoms with E-state index in [1.54, 1.807) is 0 Å². The normalized spacial score (nSPS) is 16.1. The van der Waals surface area contributed by atoms with Gasteiger partial charge in [-0.15, -0.1) is 0 Å². The van der Waals surface area contributed by atoms with E-state index in [0.717, 1.165) is 6.92 Å². The predicted molar refractivity (Wildman–Crippen MR) is 22.4 cm³/mol. The highest BCUT2D eigenvalue weighted by molar-refractivity contribution is 4.54. The minimum absolute atomic E-state index is 1.10. The van der Waals surface area contributed by atoms with Crippen molar-refractivity contribution in [1.82, 2.24) is 0 Å². The number of rotatable bonds is 1. The van der Waals surface area contributed by atoms with Gasteiger partial charge in [-0.05, 0) is 6.92 Å². The molecule has 0 spiro atoms. The highest BCUT2D eigenvalue weighted by Crippen LogP contribution is 2.20. The summed E-state index contributed by atoms with van der Waals surface area (Å²) in [4.78, 5) is 0. The number of aliphatic hydroxyl groups is 1. The maximum atomic E-state index is 11.1. The van der Waals surface area contributed by atoms with Gasteiger partial charge in [-0.25, -0.2) is 0 Å². The van der Waals surface area contributed by atoms with Crippen molar-refractivity contribution in [3.8, 4) is 0 Å². The summed E-state index contributed by atoms with van der Waals surface area (Å²) >= 11 is 0. The van der Waals surface area contributed by atoms with Crippen molar-refractivity contribution in [3.63, 3.8) is 0 Å². The molecule has 0 aromatic rings. The molecular weight excluding hydrogens is 121 g/mol. The van der Waals surface area contributed by atoms with Crippen molar-refractivity contribution in [1.29, 1.82) is 0 Å². The lowest BCUT2D eigenvalue weighted by molar-refractivity contribution is -0.151. The highest BCUT2D eigenvalue weighted by Gasteiger charge is 2.28. The van der Waals surface area contributed by atoms with Crippen LogP contribution in [-0.4, -0.2) is 17.4 Å². The van der Waals surface area contributed by atoms with Crippen LogP contribution in [0.15, 0.2) is 0 Å². The molecule has 4 heteroatoms. The van der Waals surface area contributed by atoms with Crippen LogP contribution in [0.25, 0.3) is 0 Å². The first kappa shape index (κ1) is 7.75. The maximum Gasteiger partial charge on any atom is 0.391 e. The van der Waals surface area contributed by atoms with Crippen molar-refractivity contribution in [2.24, 2.45) is 0 Å². The van der Waals surface area contributed by atoms with Crippen LogP contribution in [0.1, 0.15) is 13.3 Å². The third-order valence-corrected chi connectivity index (χ3v) is 0.527. The molecule has 0 aliphatic heterocycles. The van der Waals surface area contributed by atoms with Crippen LogP contribution < -0.4 is 0 Å². The maximum absolute atomic E-state index is 11.1. The first-order chi connectivity index (χ1) is 3.42. The van der Waals surface area contributed by atoms with Crippen molar-refractivity contribution in [3.05, 3.63) is 0 Å². The number of hydrogen-bond acceptors (Lipinski definition) is 1. The lowest BCUT2D eigenvalue weighted by Gasteiger charge is -2.06. The average Bonchev–Trinajstić information content (AvgIpc) is 1.21. The molecule has 0 aromatic heterocycles. The molecular formula is C4H7F3O. The van der Waals surface area contributed by atoms with Crippen LogP contribution in [0.3, 0.4) is 0 Å². The topological polar surface area (TPSA) is 20.2 Å². The molecule has 0 amide bonds. The third-order valence-electron chi connectivity index (χ3n) is 0.527. The Labute approximate surface area is 45.1 Å². The minimum Gasteiger partial charge on any atom is -0.393 e. The summed E-state index contributed by atoms with van der Waals surface area (Å²) in [5, 5.41) is 8.17. The molecule has 0 heterocycles. The summed E-state index contributed by atoms with van der Waals surface area (Å²) < 4.78 is 33.4. The third kappa shape index (κ3) is 5.75. The largest absolute Gasteiger partial charge is 0.393 e. The van der Waals surface area contributed by atoms with Crippen LogP contribution >= 0.6 is 0 Å². The van der Waals surface area contributed by atoms with Gasteiger partial charge in [0.2, 0.25) is 0 Å². The zero-order valence-corrected chi connectivity index (χ0v) is 4.37. The molecule has 0 radical (unpaired) electrons. The van der Waals surface area contributed by atoms with Crippen molar-refractivity contribution in [2.45, 2.75) is 25.6 Å². The van der Waals surface area contributed by atoms with Crippen LogP contribution in [0.4, 0.5) is 13.2 Å². The molecule has 0 fully saturated rings. The van der Waals surface area contributed by atoms with Gasteiger partial charge in [0.15, 0.2) is 0 Å². The molecule has 1 N–H and O–H groups in total. The van der Waals surface area contributed by atoms with Gasteiger partial charge in [-0.2, -0.15) is 13.2 Å². The number of hydrogen-bond donors (Lipinski definition) is 1. The number of aliphatic hydroxyl groups excluding tert-OH is 1. The Morgan fingerprint density at radius 1 is 1.50 bits per heavy atom. The molecule has 0 saturated carbocycles. The van der Waals surface area contributed by atoms with Crippen LogP contribution in [0.5, 0.6) is 0 Å². The fourth-order valence-electron chi connectivity index (χ4n) is 0.335. The number of halogens is 3. The standard InChI is InChI=1S/C4H7F3O/c1-3(8)2-4(5,6)7/h3,8H,2H2,1H3/t3-/m0/s1. The van der Waals surface area contributed by atoms with Crippen LogP contribution in [-0.2, 0) is 0 Å². The Hall–Kier alpha value is -0.250. The predicted octanol–water partition coefficient (Wildman–Crippen LogP) is 1.32. The van der Waals surface area contributed by atoms with Crippen molar-refractivity contribution in [2.75, 3.05) is 0 Å². The fraction of sp³-hybridized carbons (Fsp3) is 1.00. The van der Waals surface area contributed by atoms with E-state index in [2.05, 4.69) is 0 Å². The first-order valence-electron chi connectivity index (χ1n) is 2.16. The molecule has 0 saturated heterocycles. The van der Waals surface area contributed by atoms with Crippen molar-refractivity contribution < 1.29 is 18.3 Å². The molecule has 8 heavy (non-hydrogen) atoms. The zero-order chi connectivity index (χ0) is 6.78. The van der Waals surface area contributed by atoms with Gasteiger partial charge < -0.3 is 5.11 Å². The summed E-state index contributed by atoms with van der Waals surface area (Å²) in [6, 6.07) is 0. The smallest absolute Gasteiger partial charge is 0.391 e. The minimum atomic E-state index is -4.23. The molecule has 50 valence electrons. The Morgan fingerprint density at radius 3 is 1.88 bits per heavy atom. The molecule has 0 aliphatic rings. The Balaban J connectivity index is 3.39. The lowest BCUT2D eigenvalue weighted by atomic mass is 10.3. The molecule has 0 rings (SSSR count). The van der Waals surface area contributed by atoms with E-state index in [0.29, 0.717) is 0 Å². The summed E-state index contributed by atoms with van der Waals surface area (Å²) in [6.45, 7) is 1.10. The fourth-order valence-corrected chi connectivity index (χ4v) is 0.335. The van der Waals surface area contributed by atoms with Crippen LogP contribution in [0, 0.1) is 0 Å². The van der Waals surface area contributed by atoms with E-state index in [4.69, 9.17) is 5.11 Å². The van der Waals surface area contributed by atoms with E-state index >= 15 is 0 Å². The van der Waals surface area contributed by atoms with Gasteiger partial charge in [0.05, 0.1) is 12.5 Å².